The number of rotatable bonds is 6. The zero-order chi connectivity index (χ0) is 37.8. The Morgan fingerprint density at radius 1 is 0.368 bits per heavy atom. The molecule has 0 fully saturated rings. The van der Waals surface area contributed by atoms with Crippen LogP contribution in [-0.2, 0) is 0 Å². The van der Waals surface area contributed by atoms with Gasteiger partial charge in [0.25, 0.3) is 0 Å². The molecule has 0 bridgehead atoms. The van der Waals surface area contributed by atoms with Crippen LogP contribution in [-0.4, -0.2) is 29.7 Å². The monoisotopic (exact) mass is 742 g/mol. The first-order valence-electron chi connectivity index (χ1n) is 19.5. The summed E-state index contributed by atoms with van der Waals surface area (Å²) in [5, 5.41) is 5.35. The highest BCUT2D eigenvalue weighted by molar-refractivity contribution is 7.22. The summed E-state index contributed by atoms with van der Waals surface area (Å²) in [6, 6.07) is 76.8. The van der Waals surface area contributed by atoms with Crippen molar-refractivity contribution in [2.75, 3.05) is 4.90 Å². The molecule has 0 atom stereocenters. The maximum atomic E-state index is 5.21. The third-order valence-corrected chi connectivity index (χ3v) is 16.5. The van der Waals surface area contributed by atoms with Gasteiger partial charge in [-0.3, -0.25) is 0 Å². The molecule has 2 aliphatic heterocycles. The third-order valence-electron chi connectivity index (χ3n) is 11.6. The maximum Gasteiger partial charge on any atom is 0.246 e. The fourth-order valence-corrected chi connectivity index (χ4v) is 14.4. The summed E-state index contributed by atoms with van der Waals surface area (Å²) in [6.07, 6.45) is 0. The lowest BCUT2D eigenvalue weighted by molar-refractivity contribution is 1.07. The lowest BCUT2D eigenvalue weighted by atomic mass is 9.35. The van der Waals surface area contributed by atoms with E-state index < -0.39 is 8.07 Å². The van der Waals surface area contributed by atoms with Gasteiger partial charge < -0.3 is 4.90 Å². The van der Waals surface area contributed by atoms with Crippen LogP contribution in [0, 0.1) is 0 Å². The van der Waals surface area contributed by atoms with E-state index in [0.29, 0.717) is 17.5 Å². The van der Waals surface area contributed by atoms with Gasteiger partial charge in [-0.15, -0.1) is 0 Å². The molecular formula is C51H35BN4Si. The van der Waals surface area contributed by atoms with E-state index in [1.54, 1.807) is 0 Å². The lowest BCUT2D eigenvalue weighted by Crippen LogP contribution is -2.78. The zero-order valence-electron chi connectivity index (χ0n) is 31.1. The van der Waals surface area contributed by atoms with Crippen LogP contribution in [0.15, 0.2) is 212 Å². The Kier molecular flexibility index (Phi) is 7.90. The van der Waals surface area contributed by atoms with Crippen molar-refractivity contribution in [2.24, 2.45) is 0 Å². The van der Waals surface area contributed by atoms with Crippen molar-refractivity contribution in [3.05, 3.63) is 212 Å². The topological polar surface area (TPSA) is 41.9 Å². The van der Waals surface area contributed by atoms with E-state index in [1.165, 1.54) is 54.2 Å². The highest BCUT2D eigenvalue weighted by Gasteiger charge is 2.52. The Morgan fingerprint density at radius 2 is 0.860 bits per heavy atom. The fraction of sp³-hybridized carbons (Fsp3) is 0. The maximum absolute atomic E-state index is 5.21. The third kappa shape index (κ3) is 5.25. The Balaban J connectivity index is 1.24. The molecule has 0 spiro atoms. The summed E-state index contributed by atoms with van der Waals surface area (Å²) in [5.41, 5.74) is 10.5. The van der Waals surface area contributed by atoms with Crippen LogP contribution in [0.2, 0.25) is 0 Å². The SMILES string of the molecule is c1ccc(B2c3ccccc3N3c4ccc(-c5nc(-c6ccccc6)nc(-c6ccccc6)n5)cc4[Si](c4ccccc4)(c4ccccc4)c4cccc2c43)cc1. The molecule has 4 nitrogen and oxygen atoms in total. The Morgan fingerprint density at radius 3 is 1.46 bits per heavy atom. The standard InChI is InChI=1S/C51H35BN4Si/c1-6-19-36(20-7-1)49-53-50(37-21-8-2-9-22-37)55-51(54-49)38-33-34-45-47(35-38)57(40-25-12-4-13-26-40,41-27-14-5-15-28-41)46-32-18-30-43-48(46)56(45)44-31-17-16-29-42(44)52(43)39-23-10-3-11-24-39/h1-35H. The number of nitrogens with zero attached hydrogens (tertiary/aromatic N) is 4. The zero-order valence-corrected chi connectivity index (χ0v) is 32.1. The molecule has 0 N–H and O–H groups in total. The Hall–Kier alpha value is -7.15. The first-order valence-corrected chi connectivity index (χ1v) is 21.5. The van der Waals surface area contributed by atoms with E-state index in [4.69, 9.17) is 15.0 Å². The predicted octanol–water partition coefficient (Wildman–Crippen LogP) is 6.86. The average Bonchev–Trinajstić information content (AvgIpc) is 3.30. The van der Waals surface area contributed by atoms with Crippen LogP contribution in [0.5, 0.6) is 0 Å². The second-order valence-electron chi connectivity index (χ2n) is 14.7. The summed E-state index contributed by atoms with van der Waals surface area (Å²) in [7, 11) is -3.02. The van der Waals surface area contributed by atoms with Gasteiger partial charge >= 0.3 is 0 Å². The van der Waals surface area contributed by atoms with E-state index in [1.807, 2.05) is 36.4 Å². The van der Waals surface area contributed by atoms with Crippen molar-refractivity contribution in [3.63, 3.8) is 0 Å². The van der Waals surface area contributed by atoms with Gasteiger partial charge in [0.1, 0.15) is 0 Å². The normalized spacial score (nSPS) is 13.3. The van der Waals surface area contributed by atoms with Gasteiger partial charge in [-0.2, -0.15) is 0 Å². The molecule has 11 rings (SSSR count). The van der Waals surface area contributed by atoms with E-state index in [0.717, 1.165) is 16.7 Å². The number of aromatic nitrogens is 3. The van der Waals surface area contributed by atoms with E-state index in [9.17, 15) is 0 Å². The van der Waals surface area contributed by atoms with Crippen molar-refractivity contribution in [1.82, 2.24) is 15.0 Å². The number of anilines is 3. The van der Waals surface area contributed by atoms with Gasteiger partial charge in [0.15, 0.2) is 25.5 Å². The summed E-state index contributed by atoms with van der Waals surface area (Å²) in [4.78, 5) is 18.0. The van der Waals surface area contributed by atoms with Gasteiger partial charge in [-0.25, -0.2) is 15.0 Å². The van der Waals surface area contributed by atoms with Gasteiger partial charge in [0.05, 0.1) is 0 Å². The molecule has 266 valence electrons. The van der Waals surface area contributed by atoms with Gasteiger partial charge in [-0.05, 0) is 55.9 Å². The molecule has 0 unspecified atom stereocenters. The Bertz CT molecular complexity index is 2810. The smallest absolute Gasteiger partial charge is 0.246 e. The minimum Gasteiger partial charge on any atom is -0.312 e. The summed E-state index contributed by atoms with van der Waals surface area (Å²) >= 11 is 0. The Labute approximate surface area is 333 Å². The molecule has 6 heteroatoms. The highest BCUT2D eigenvalue weighted by Crippen LogP contribution is 2.40. The molecule has 57 heavy (non-hydrogen) atoms. The van der Waals surface area contributed by atoms with Crippen LogP contribution in [0.4, 0.5) is 17.1 Å². The van der Waals surface area contributed by atoms with Crippen molar-refractivity contribution < 1.29 is 0 Å². The molecule has 0 saturated heterocycles. The fourth-order valence-electron chi connectivity index (χ4n) is 9.24. The van der Waals surface area contributed by atoms with Crippen LogP contribution < -0.4 is 42.0 Å². The van der Waals surface area contributed by atoms with Crippen LogP contribution in [0.3, 0.4) is 0 Å². The second kappa shape index (κ2) is 13.6. The molecule has 8 aromatic carbocycles. The summed E-state index contributed by atoms with van der Waals surface area (Å²) in [5.74, 6) is 1.95. The number of hydrogen-bond donors (Lipinski definition) is 0. The average molecular weight is 743 g/mol. The molecule has 0 aliphatic carbocycles. The van der Waals surface area contributed by atoms with Gasteiger partial charge in [-0.1, -0.05) is 194 Å². The number of benzene rings is 8. The predicted molar refractivity (Wildman–Crippen MR) is 239 cm³/mol. The minimum absolute atomic E-state index is 0.0886. The van der Waals surface area contributed by atoms with E-state index in [2.05, 4.69) is 181 Å². The molecule has 3 heterocycles. The van der Waals surface area contributed by atoms with Crippen LogP contribution in [0.25, 0.3) is 34.2 Å². The van der Waals surface area contributed by atoms with Crippen molar-refractivity contribution in [3.8, 4) is 34.2 Å². The van der Waals surface area contributed by atoms with Gasteiger partial charge in [0, 0.05) is 33.8 Å². The number of para-hydroxylation sites is 2. The molecule has 1 aromatic heterocycles. The number of hydrogen-bond acceptors (Lipinski definition) is 4. The molecule has 9 aromatic rings. The van der Waals surface area contributed by atoms with Crippen LogP contribution >= 0.6 is 0 Å². The molecule has 0 amide bonds. The molecule has 0 saturated carbocycles. The number of fused-ring (bicyclic) bond motifs is 4. The highest BCUT2D eigenvalue weighted by atomic mass is 28.3. The van der Waals surface area contributed by atoms with Crippen molar-refractivity contribution in [2.45, 2.75) is 0 Å². The first-order chi connectivity index (χ1) is 28.3. The van der Waals surface area contributed by atoms with Gasteiger partial charge in [0.2, 0.25) is 6.71 Å². The van der Waals surface area contributed by atoms with Crippen LogP contribution in [0.1, 0.15) is 0 Å². The largest absolute Gasteiger partial charge is 0.312 e. The molecular weight excluding hydrogens is 707 g/mol. The molecule has 2 aliphatic rings. The second-order valence-corrected chi connectivity index (χ2v) is 18.5. The lowest BCUT2D eigenvalue weighted by Gasteiger charge is -2.49. The van der Waals surface area contributed by atoms with Crippen molar-refractivity contribution >= 4 is 69.0 Å². The first kappa shape index (κ1) is 33.2. The van der Waals surface area contributed by atoms with E-state index >= 15 is 0 Å². The van der Waals surface area contributed by atoms with Crippen molar-refractivity contribution in [1.29, 1.82) is 0 Å². The summed E-state index contributed by atoms with van der Waals surface area (Å²) in [6.45, 7) is 0.0886. The van der Waals surface area contributed by atoms with E-state index in [-0.39, 0.29) is 6.71 Å². The quantitative estimate of drug-likeness (QED) is 0.175. The molecule has 0 radical (unpaired) electrons. The minimum atomic E-state index is -3.02. The summed E-state index contributed by atoms with van der Waals surface area (Å²) < 4.78 is 0.